The minimum Gasteiger partial charge on any atom is -0.508 e. The van der Waals surface area contributed by atoms with E-state index in [2.05, 4.69) is 5.32 Å². The Kier molecular flexibility index (Phi) is 4.70. The number of carbonyl (C=O) groups is 1. The lowest BCUT2D eigenvalue weighted by Crippen LogP contribution is -2.12. The average molecular weight is 306 g/mol. The number of phenols is 1. The quantitative estimate of drug-likeness (QED) is 0.894. The van der Waals surface area contributed by atoms with E-state index in [0.29, 0.717) is 5.69 Å². The number of benzene rings is 2. The molecule has 0 unspecified atom stereocenters. The molecule has 0 aliphatic rings. The molecule has 0 heterocycles. The standard InChI is InChI=1S/C16H16ClNO3/c1-10(2)21-13-6-3-11(4-7-13)18-16(20)14-9-12(19)5-8-15(14)17/h3-10,19H,1-2H3,(H,18,20). The van der Waals surface area contributed by atoms with Crippen LogP contribution in [0, 0.1) is 0 Å². The van der Waals surface area contributed by atoms with Crippen LogP contribution in [-0.4, -0.2) is 17.1 Å². The number of carbonyl (C=O) groups excluding carboxylic acids is 1. The van der Waals surface area contributed by atoms with Crippen LogP contribution < -0.4 is 10.1 Å². The van der Waals surface area contributed by atoms with Crippen molar-refractivity contribution in [3.63, 3.8) is 0 Å². The van der Waals surface area contributed by atoms with Crippen molar-refractivity contribution < 1.29 is 14.6 Å². The van der Waals surface area contributed by atoms with Crippen LogP contribution in [0.5, 0.6) is 11.5 Å². The summed E-state index contributed by atoms with van der Waals surface area (Å²) in [5.74, 6) is 0.344. The lowest BCUT2D eigenvalue weighted by atomic mass is 10.2. The highest BCUT2D eigenvalue weighted by Gasteiger charge is 2.11. The zero-order chi connectivity index (χ0) is 15.4. The Bertz CT molecular complexity index is 638. The predicted molar refractivity (Wildman–Crippen MR) is 83.3 cm³/mol. The van der Waals surface area contributed by atoms with Crippen molar-refractivity contribution in [3.8, 4) is 11.5 Å². The number of hydrogen-bond acceptors (Lipinski definition) is 3. The predicted octanol–water partition coefficient (Wildman–Crippen LogP) is 4.09. The molecule has 1 amide bonds. The lowest BCUT2D eigenvalue weighted by Gasteiger charge is -2.11. The number of anilines is 1. The van der Waals surface area contributed by atoms with Crippen LogP contribution in [0.3, 0.4) is 0 Å². The van der Waals surface area contributed by atoms with Gasteiger partial charge >= 0.3 is 0 Å². The summed E-state index contributed by atoms with van der Waals surface area (Å²) in [6.45, 7) is 3.89. The summed E-state index contributed by atoms with van der Waals surface area (Å²) < 4.78 is 5.53. The van der Waals surface area contributed by atoms with Crippen molar-refractivity contribution in [1.29, 1.82) is 0 Å². The van der Waals surface area contributed by atoms with Crippen molar-refractivity contribution >= 4 is 23.2 Å². The van der Waals surface area contributed by atoms with Gasteiger partial charge in [-0.25, -0.2) is 0 Å². The van der Waals surface area contributed by atoms with E-state index in [1.54, 1.807) is 24.3 Å². The minimum atomic E-state index is -0.381. The Labute approximate surface area is 128 Å². The molecule has 0 atom stereocenters. The molecule has 4 nitrogen and oxygen atoms in total. The molecule has 2 N–H and O–H groups in total. The number of hydrogen-bond donors (Lipinski definition) is 2. The number of phenolic OH excluding ortho intramolecular Hbond substituents is 1. The van der Waals surface area contributed by atoms with E-state index >= 15 is 0 Å². The highest BCUT2D eigenvalue weighted by molar-refractivity contribution is 6.34. The highest BCUT2D eigenvalue weighted by atomic mass is 35.5. The molecule has 0 aromatic heterocycles. The lowest BCUT2D eigenvalue weighted by molar-refractivity contribution is 0.102. The van der Waals surface area contributed by atoms with Gasteiger partial charge in [0.1, 0.15) is 11.5 Å². The van der Waals surface area contributed by atoms with Gasteiger partial charge in [0.25, 0.3) is 5.91 Å². The molecule has 21 heavy (non-hydrogen) atoms. The van der Waals surface area contributed by atoms with Gasteiger partial charge in [-0.2, -0.15) is 0 Å². The normalized spacial score (nSPS) is 10.5. The maximum absolute atomic E-state index is 12.1. The number of rotatable bonds is 4. The zero-order valence-electron chi connectivity index (χ0n) is 11.8. The summed E-state index contributed by atoms with van der Waals surface area (Å²) in [6.07, 6.45) is 0.0940. The van der Waals surface area contributed by atoms with Gasteiger partial charge in [-0.05, 0) is 56.3 Å². The van der Waals surface area contributed by atoms with Gasteiger partial charge in [-0.1, -0.05) is 11.6 Å². The second kappa shape index (κ2) is 6.50. The van der Waals surface area contributed by atoms with Crippen LogP contribution in [0.1, 0.15) is 24.2 Å². The van der Waals surface area contributed by atoms with Crippen LogP contribution in [-0.2, 0) is 0 Å². The molecule has 0 saturated carbocycles. The summed E-state index contributed by atoms with van der Waals surface area (Å²) >= 11 is 5.95. The molecule has 110 valence electrons. The Morgan fingerprint density at radius 2 is 1.86 bits per heavy atom. The van der Waals surface area contributed by atoms with E-state index in [-0.39, 0.29) is 28.3 Å². The molecular formula is C16H16ClNO3. The average Bonchev–Trinajstić information content (AvgIpc) is 2.43. The second-order valence-corrected chi connectivity index (χ2v) is 5.22. The van der Waals surface area contributed by atoms with Crippen molar-refractivity contribution in [3.05, 3.63) is 53.1 Å². The maximum Gasteiger partial charge on any atom is 0.257 e. The first-order valence-corrected chi connectivity index (χ1v) is 6.90. The third-order valence-electron chi connectivity index (χ3n) is 2.68. The Hall–Kier alpha value is -2.20. The maximum atomic E-state index is 12.1. The summed E-state index contributed by atoms with van der Waals surface area (Å²) in [5.41, 5.74) is 0.842. The molecule has 0 fully saturated rings. The Morgan fingerprint density at radius 1 is 1.19 bits per heavy atom. The highest BCUT2D eigenvalue weighted by Crippen LogP contribution is 2.23. The molecule has 2 rings (SSSR count). The SMILES string of the molecule is CC(C)Oc1ccc(NC(=O)c2cc(O)ccc2Cl)cc1. The number of halogens is 1. The molecule has 0 spiro atoms. The van der Waals surface area contributed by atoms with Gasteiger partial charge < -0.3 is 15.2 Å². The Balaban J connectivity index is 2.10. The van der Waals surface area contributed by atoms with Crippen LogP contribution >= 0.6 is 11.6 Å². The van der Waals surface area contributed by atoms with Gasteiger partial charge in [-0.3, -0.25) is 4.79 Å². The van der Waals surface area contributed by atoms with E-state index in [0.717, 1.165) is 5.75 Å². The van der Waals surface area contributed by atoms with E-state index in [4.69, 9.17) is 16.3 Å². The van der Waals surface area contributed by atoms with Crippen LogP contribution in [0.4, 0.5) is 5.69 Å². The molecular weight excluding hydrogens is 290 g/mol. The topological polar surface area (TPSA) is 58.6 Å². The second-order valence-electron chi connectivity index (χ2n) is 4.81. The third kappa shape index (κ3) is 4.13. The molecule has 0 radical (unpaired) electrons. The van der Waals surface area contributed by atoms with Crippen LogP contribution in [0.15, 0.2) is 42.5 Å². The summed E-state index contributed by atoms with van der Waals surface area (Å²) in [4.78, 5) is 12.1. The first kappa shape index (κ1) is 15.2. The number of aromatic hydroxyl groups is 1. The smallest absolute Gasteiger partial charge is 0.257 e. The van der Waals surface area contributed by atoms with E-state index in [1.807, 2.05) is 13.8 Å². The van der Waals surface area contributed by atoms with Gasteiger partial charge in [0.2, 0.25) is 0 Å². The van der Waals surface area contributed by atoms with Crippen molar-refractivity contribution in [2.45, 2.75) is 20.0 Å². The molecule has 2 aromatic rings. The zero-order valence-corrected chi connectivity index (χ0v) is 12.5. The monoisotopic (exact) mass is 305 g/mol. The number of nitrogens with one attached hydrogen (secondary N) is 1. The summed E-state index contributed by atoms with van der Waals surface area (Å²) in [7, 11) is 0. The van der Waals surface area contributed by atoms with Gasteiger partial charge in [0.15, 0.2) is 0 Å². The van der Waals surface area contributed by atoms with Crippen molar-refractivity contribution in [1.82, 2.24) is 0 Å². The van der Waals surface area contributed by atoms with E-state index < -0.39 is 0 Å². The summed E-state index contributed by atoms with van der Waals surface area (Å²) in [5, 5.41) is 12.4. The number of ether oxygens (including phenoxy) is 1. The molecule has 2 aromatic carbocycles. The van der Waals surface area contributed by atoms with Crippen molar-refractivity contribution in [2.24, 2.45) is 0 Å². The van der Waals surface area contributed by atoms with E-state index in [9.17, 15) is 9.90 Å². The largest absolute Gasteiger partial charge is 0.508 e. The molecule has 5 heteroatoms. The minimum absolute atomic E-state index is 0.00905. The van der Waals surface area contributed by atoms with E-state index in [1.165, 1.54) is 18.2 Å². The van der Waals surface area contributed by atoms with Gasteiger partial charge in [0, 0.05) is 5.69 Å². The third-order valence-corrected chi connectivity index (χ3v) is 3.01. The Morgan fingerprint density at radius 3 is 2.48 bits per heavy atom. The van der Waals surface area contributed by atoms with Crippen molar-refractivity contribution in [2.75, 3.05) is 5.32 Å². The van der Waals surface area contributed by atoms with Gasteiger partial charge in [-0.15, -0.1) is 0 Å². The molecule has 0 saturated heterocycles. The summed E-state index contributed by atoms with van der Waals surface area (Å²) in [6, 6.07) is 11.3. The fourth-order valence-electron chi connectivity index (χ4n) is 1.77. The fourth-order valence-corrected chi connectivity index (χ4v) is 1.98. The molecule has 0 bridgehead atoms. The first-order valence-electron chi connectivity index (χ1n) is 6.52. The fraction of sp³-hybridized carbons (Fsp3) is 0.188. The molecule has 0 aliphatic heterocycles. The van der Waals surface area contributed by atoms with Gasteiger partial charge in [0.05, 0.1) is 16.7 Å². The molecule has 0 aliphatic carbocycles. The number of amides is 1. The van der Waals surface area contributed by atoms with Crippen LogP contribution in [0.25, 0.3) is 0 Å². The van der Waals surface area contributed by atoms with Crippen LogP contribution in [0.2, 0.25) is 5.02 Å². The first-order chi connectivity index (χ1) is 9.95.